The maximum absolute atomic E-state index is 12.2. The van der Waals surface area contributed by atoms with E-state index in [1.807, 2.05) is 31.2 Å². The third-order valence-electron chi connectivity index (χ3n) is 3.80. The summed E-state index contributed by atoms with van der Waals surface area (Å²) in [6.45, 7) is 3.75. The number of benzene rings is 1. The van der Waals surface area contributed by atoms with E-state index in [4.69, 9.17) is 4.74 Å². The number of anilines is 2. The van der Waals surface area contributed by atoms with E-state index in [0.717, 1.165) is 25.2 Å². The van der Waals surface area contributed by atoms with E-state index in [0.29, 0.717) is 17.3 Å². The molecule has 126 valence electrons. The van der Waals surface area contributed by atoms with Crippen LogP contribution in [0.4, 0.5) is 16.3 Å². The van der Waals surface area contributed by atoms with Gasteiger partial charge in [0.15, 0.2) is 5.82 Å². The summed E-state index contributed by atoms with van der Waals surface area (Å²) in [5.74, 6) is 1.07. The van der Waals surface area contributed by atoms with Crippen LogP contribution in [0.2, 0.25) is 0 Å². The number of para-hydroxylation sites is 2. The molecule has 2 aromatic rings. The lowest BCUT2D eigenvalue weighted by Gasteiger charge is -2.17. The highest BCUT2D eigenvalue weighted by Crippen LogP contribution is 2.27. The van der Waals surface area contributed by atoms with Crippen molar-refractivity contribution in [2.45, 2.75) is 19.4 Å². The van der Waals surface area contributed by atoms with Gasteiger partial charge in [-0.05, 0) is 32.5 Å². The van der Waals surface area contributed by atoms with Crippen LogP contribution in [-0.2, 0) is 0 Å². The van der Waals surface area contributed by atoms with Gasteiger partial charge in [-0.2, -0.15) is 0 Å². The first-order valence-corrected chi connectivity index (χ1v) is 7.91. The summed E-state index contributed by atoms with van der Waals surface area (Å²) in [5, 5.41) is 5.46. The van der Waals surface area contributed by atoms with Gasteiger partial charge in [0.05, 0.1) is 23.8 Å². The molecular weight excluding hydrogens is 306 g/mol. The van der Waals surface area contributed by atoms with E-state index in [9.17, 15) is 4.79 Å². The van der Waals surface area contributed by atoms with Crippen molar-refractivity contribution in [1.29, 1.82) is 0 Å². The lowest BCUT2D eigenvalue weighted by molar-refractivity contribution is 0.209. The van der Waals surface area contributed by atoms with E-state index >= 15 is 0 Å². The zero-order valence-electron chi connectivity index (χ0n) is 13.8. The predicted octanol–water partition coefficient (Wildman–Crippen LogP) is 2.51. The Morgan fingerprint density at radius 3 is 2.79 bits per heavy atom. The second-order valence-corrected chi connectivity index (χ2v) is 5.91. The third-order valence-corrected chi connectivity index (χ3v) is 3.80. The first kappa shape index (κ1) is 16.2. The lowest BCUT2D eigenvalue weighted by Crippen LogP contribution is -2.23. The van der Waals surface area contributed by atoms with Crippen molar-refractivity contribution in [2.24, 2.45) is 0 Å². The zero-order valence-corrected chi connectivity index (χ0v) is 13.8. The van der Waals surface area contributed by atoms with Crippen LogP contribution in [0.3, 0.4) is 0 Å². The molecule has 1 aromatic carbocycles. The van der Waals surface area contributed by atoms with Crippen molar-refractivity contribution < 1.29 is 9.53 Å². The molecule has 1 atom stereocenters. The van der Waals surface area contributed by atoms with Crippen LogP contribution in [-0.4, -0.2) is 47.1 Å². The molecule has 2 N–H and O–H groups in total. The quantitative estimate of drug-likeness (QED) is 0.902. The monoisotopic (exact) mass is 327 g/mol. The summed E-state index contributed by atoms with van der Waals surface area (Å²) in [6, 6.07) is 7.04. The number of rotatable bonds is 4. The molecule has 7 heteroatoms. The number of hydrogen-bond donors (Lipinski definition) is 2. The lowest BCUT2D eigenvalue weighted by atomic mass is 10.2. The third kappa shape index (κ3) is 4.20. The van der Waals surface area contributed by atoms with Crippen molar-refractivity contribution in [3.05, 3.63) is 42.4 Å². The SMILES string of the molecule is Cc1cnc(NC(=O)Nc2ccccc2OC2CCN(C)C2)cn1. The number of likely N-dealkylation sites (tertiary alicyclic amines) is 1. The average Bonchev–Trinajstić information content (AvgIpc) is 2.97. The second-order valence-electron chi connectivity index (χ2n) is 5.91. The molecule has 2 amide bonds. The number of aromatic nitrogens is 2. The van der Waals surface area contributed by atoms with Gasteiger partial charge in [0.25, 0.3) is 0 Å². The highest BCUT2D eigenvalue weighted by atomic mass is 16.5. The van der Waals surface area contributed by atoms with Crippen LogP contribution in [0.25, 0.3) is 0 Å². The molecule has 24 heavy (non-hydrogen) atoms. The minimum Gasteiger partial charge on any atom is -0.487 e. The van der Waals surface area contributed by atoms with Gasteiger partial charge >= 0.3 is 6.03 Å². The fourth-order valence-electron chi connectivity index (χ4n) is 2.57. The summed E-state index contributed by atoms with van der Waals surface area (Å²) in [7, 11) is 2.07. The largest absolute Gasteiger partial charge is 0.487 e. The van der Waals surface area contributed by atoms with Crippen LogP contribution >= 0.6 is 0 Å². The van der Waals surface area contributed by atoms with Crippen molar-refractivity contribution in [2.75, 3.05) is 30.8 Å². The van der Waals surface area contributed by atoms with Crippen molar-refractivity contribution in [3.63, 3.8) is 0 Å². The van der Waals surface area contributed by atoms with Gasteiger partial charge in [-0.1, -0.05) is 12.1 Å². The van der Waals surface area contributed by atoms with Crippen molar-refractivity contribution in [3.8, 4) is 5.75 Å². The summed E-state index contributed by atoms with van der Waals surface area (Å²) in [5.41, 5.74) is 1.42. The van der Waals surface area contributed by atoms with Gasteiger partial charge in [-0.15, -0.1) is 0 Å². The predicted molar refractivity (Wildman–Crippen MR) is 92.4 cm³/mol. The minimum atomic E-state index is -0.382. The van der Waals surface area contributed by atoms with Crippen LogP contribution in [0.1, 0.15) is 12.1 Å². The standard InChI is InChI=1S/C17H21N5O2/c1-12-9-19-16(10-18-12)21-17(23)20-14-5-3-4-6-15(14)24-13-7-8-22(2)11-13/h3-6,9-10,13H,7-8,11H2,1-2H3,(H2,19,20,21,23). The maximum atomic E-state index is 12.2. The first-order valence-electron chi connectivity index (χ1n) is 7.91. The Labute approximate surface area is 141 Å². The van der Waals surface area contributed by atoms with Crippen molar-refractivity contribution in [1.82, 2.24) is 14.9 Å². The Morgan fingerprint density at radius 1 is 1.25 bits per heavy atom. The number of aryl methyl sites for hydroxylation is 1. The van der Waals surface area contributed by atoms with E-state index in [2.05, 4.69) is 32.5 Å². The molecule has 1 aromatic heterocycles. The molecule has 0 radical (unpaired) electrons. The van der Waals surface area contributed by atoms with E-state index in [1.165, 1.54) is 6.20 Å². The molecule has 7 nitrogen and oxygen atoms in total. The number of amides is 2. The number of ether oxygens (including phenoxy) is 1. The molecule has 1 saturated heterocycles. The summed E-state index contributed by atoms with van der Waals surface area (Å²) in [6.07, 6.45) is 4.24. The Kier molecular flexibility index (Phi) is 4.90. The highest BCUT2D eigenvalue weighted by Gasteiger charge is 2.22. The number of carbonyl (C=O) groups is 1. The molecular formula is C17H21N5O2. The normalized spacial score (nSPS) is 17.5. The molecule has 0 aliphatic carbocycles. The number of urea groups is 1. The van der Waals surface area contributed by atoms with E-state index in [-0.39, 0.29) is 12.1 Å². The summed E-state index contributed by atoms with van der Waals surface area (Å²) < 4.78 is 6.03. The molecule has 3 rings (SSSR count). The number of likely N-dealkylation sites (N-methyl/N-ethyl adjacent to an activating group) is 1. The number of nitrogens with one attached hydrogen (secondary N) is 2. The number of hydrogen-bond acceptors (Lipinski definition) is 5. The maximum Gasteiger partial charge on any atom is 0.324 e. The van der Waals surface area contributed by atoms with Crippen molar-refractivity contribution >= 4 is 17.5 Å². The molecule has 1 aliphatic heterocycles. The molecule has 0 bridgehead atoms. The van der Waals surface area contributed by atoms with Crippen LogP contribution in [0, 0.1) is 6.92 Å². The number of carbonyl (C=O) groups excluding carboxylic acids is 1. The van der Waals surface area contributed by atoms with Crippen LogP contribution in [0.5, 0.6) is 5.75 Å². The van der Waals surface area contributed by atoms with Crippen LogP contribution < -0.4 is 15.4 Å². The van der Waals surface area contributed by atoms with E-state index < -0.39 is 0 Å². The molecule has 0 saturated carbocycles. The zero-order chi connectivity index (χ0) is 16.9. The molecule has 1 unspecified atom stereocenters. The van der Waals surface area contributed by atoms with Gasteiger partial charge in [0.2, 0.25) is 0 Å². The molecule has 2 heterocycles. The summed E-state index contributed by atoms with van der Waals surface area (Å²) >= 11 is 0. The van der Waals surface area contributed by atoms with Gasteiger partial charge in [0.1, 0.15) is 11.9 Å². The second kappa shape index (κ2) is 7.27. The first-order chi connectivity index (χ1) is 11.6. The van der Waals surface area contributed by atoms with Gasteiger partial charge in [0, 0.05) is 13.1 Å². The van der Waals surface area contributed by atoms with Crippen LogP contribution in [0.15, 0.2) is 36.7 Å². The summed E-state index contributed by atoms with van der Waals surface area (Å²) in [4.78, 5) is 22.6. The highest BCUT2D eigenvalue weighted by molar-refractivity contribution is 6.00. The fraction of sp³-hybridized carbons (Fsp3) is 0.353. The number of nitrogens with zero attached hydrogens (tertiary/aromatic N) is 3. The van der Waals surface area contributed by atoms with E-state index in [1.54, 1.807) is 6.20 Å². The average molecular weight is 327 g/mol. The smallest absolute Gasteiger partial charge is 0.324 e. The Bertz CT molecular complexity index is 704. The fourth-order valence-corrected chi connectivity index (χ4v) is 2.57. The minimum absolute atomic E-state index is 0.143. The molecule has 1 aliphatic rings. The Balaban J connectivity index is 1.63. The Hall–Kier alpha value is -2.67. The Morgan fingerprint density at radius 2 is 2.08 bits per heavy atom. The van der Waals surface area contributed by atoms with Gasteiger partial charge in [-0.3, -0.25) is 10.3 Å². The topological polar surface area (TPSA) is 79.4 Å². The van der Waals surface area contributed by atoms with Gasteiger partial charge in [-0.25, -0.2) is 9.78 Å². The molecule has 1 fully saturated rings. The molecule has 0 spiro atoms. The van der Waals surface area contributed by atoms with Gasteiger partial charge < -0.3 is 15.0 Å².